The molecular weight excluding hydrogens is 235 g/mol. The number of nitrogens with zero attached hydrogens (tertiary/aromatic N) is 1. The Morgan fingerprint density at radius 3 is 3.12 bits per heavy atom. The molecule has 0 fully saturated rings. The van der Waals surface area contributed by atoms with E-state index >= 15 is 0 Å². The van der Waals surface area contributed by atoms with Crippen molar-refractivity contribution in [2.45, 2.75) is 25.7 Å². The Labute approximate surface area is 103 Å². The molecule has 88 valence electrons. The molecular formula is C13H13FN2S. The molecule has 0 aliphatic heterocycles. The highest BCUT2D eigenvalue weighted by atomic mass is 32.1. The van der Waals surface area contributed by atoms with Crippen molar-refractivity contribution < 1.29 is 4.39 Å². The molecule has 3 rings (SSSR count). The number of hydrogen-bond acceptors (Lipinski definition) is 3. The lowest BCUT2D eigenvalue weighted by molar-refractivity contribution is 0.622. The summed E-state index contributed by atoms with van der Waals surface area (Å²) >= 11 is 1.54. The number of hydrogen-bond donors (Lipinski definition) is 1. The van der Waals surface area contributed by atoms with Crippen molar-refractivity contribution in [1.29, 1.82) is 0 Å². The van der Waals surface area contributed by atoms with Gasteiger partial charge in [0.1, 0.15) is 5.82 Å². The third-order valence-electron chi connectivity index (χ3n) is 3.35. The van der Waals surface area contributed by atoms with Crippen LogP contribution < -0.4 is 5.73 Å². The highest BCUT2D eigenvalue weighted by Crippen LogP contribution is 2.43. The number of thiazole rings is 1. The number of fused-ring (bicyclic) bond motifs is 1. The van der Waals surface area contributed by atoms with Crippen LogP contribution in [-0.2, 0) is 6.42 Å². The zero-order valence-corrected chi connectivity index (χ0v) is 10.4. The lowest BCUT2D eigenvalue weighted by Gasteiger charge is -2.13. The summed E-state index contributed by atoms with van der Waals surface area (Å²) in [4.78, 5) is 5.54. The summed E-state index contributed by atoms with van der Waals surface area (Å²) in [6.07, 6.45) is 1.96. The lowest BCUT2D eigenvalue weighted by atomic mass is 9.94. The normalized spacial score (nSPS) is 18.4. The fraction of sp³-hybridized carbons (Fsp3) is 0.308. The summed E-state index contributed by atoms with van der Waals surface area (Å²) in [5.41, 5.74) is 9.04. The molecule has 0 amide bonds. The maximum Gasteiger partial charge on any atom is 0.180 e. The van der Waals surface area contributed by atoms with Crippen molar-refractivity contribution >= 4 is 16.5 Å². The van der Waals surface area contributed by atoms with Gasteiger partial charge in [0.15, 0.2) is 5.13 Å². The topological polar surface area (TPSA) is 38.9 Å². The molecule has 1 unspecified atom stereocenters. The second kappa shape index (κ2) is 3.81. The Balaban J connectivity index is 2.09. The van der Waals surface area contributed by atoms with E-state index in [1.54, 1.807) is 6.07 Å². The van der Waals surface area contributed by atoms with E-state index in [0.717, 1.165) is 29.7 Å². The Bertz CT molecular complexity index is 577. The molecule has 1 heterocycles. The Hall–Kier alpha value is -1.42. The maximum atomic E-state index is 13.3. The molecule has 2 nitrogen and oxygen atoms in total. The number of anilines is 1. The molecule has 2 aromatic rings. The summed E-state index contributed by atoms with van der Waals surface area (Å²) < 4.78 is 13.3. The maximum absolute atomic E-state index is 13.3. The first-order valence-corrected chi connectivity index (χ1v) is 6.48. The summed E-state index contributed by atoms with van der Waals surface area (Å²) in [5, 5.41) is 0.619. The Morgan fingerprint density at radius 1 is 1.47 bits per heavy atom. The first-order valence-electron chi connectivity index (χ1n) is 5.66. The van der Waals surface area contributed by atoms with E-state index in [4.69, 9.17) is 5.73 Å². The number of nitrogens with two attached hydrogens (primary N) is 1. The van der Waals surface area contributed by atoms with Crippen LogP contribution in [-0.4, -0.2) is 4.98 Å². The fourth-order valence-electron chi connectivity index (χ4n) is 2.53. The van der Waals surface area contributed by atoms with E-state index in [-0.39, 0.29) is 11.7 Å². The molecule has 0 radical (unpaired) electrons. The van der Waals surface area contributed by atoms with Gasteiger partial charge in [-0.2, -0.15) is 0 Å². The minimum absolute atomic E-state index is 0.170. The minimum atomic E-state index is -0.170. The van der Waals surface area contributed by atoms with Crippen LogP contribution >= 0.6 is 11.3 Å². The van der Waals surface area contributed by atoms with Gasteiger partial charge >= 0.3 is 0 Å². The van der Waals surface area contributed by atoms with Crippen molar-refractivity contribution in [3.63, 3.8) is 0 Å². The van der Waals surface area contributed by atoms with E-state index in [1.165, 1.54) is 22.3 Å². The van der Waals surface area contributed by atoms with E-state index in [2.05, 4.69) is 4.98 Å². The zero-order valence-electron chi connectivity index (χ0n) is 9.53. The lowest BCUT2D eigenvalue weighted by Crippen LogP contribution is -1.98. The summed E-state index contributed by atoms with van der Waals surface area (Å²) in [6.45, 7) is 2.02. The number of benzene rings is 1. The van der Waals surface area contributed by atoms with Crippen LogP contribution in [0.1, 0.15) is 34.0 Å². The van der Waals surface area contributed by atoms with Crippen LogP contribution in [0, 0.1) is 12.7 Å². The van der Waals surface area contributed by atoms with Gasteiger partial charge in [-0.1, -0.05) is 6.07 Å². The molecule has 1 aliphatic carbocycles. The van der Waals surface area contributed by atoms with Crippen LogP contribution in [0.3, 0.4) is 0 Å². The standard InChI is InChI=1S/C13H13FN2S/c1-7-2-3-8(14)6-10(7)9-4-5-11-12(9)17-13(15)16-11/h2-3,6,9H,4-5H2,1H3,(H2,15,16). The number of aromatic nitrogens is 1. The predicted octanol–water partition coefficient (Wildman–Crippen LogP) is 3.25. The van der Waals surface area contributed by atoms with Gasteiger partial charge in [-0.05, 0) is 43.0 Å². The summed E-state index contributed by atoms with van der Waals surface area (Å²) in [5.74, 6) is 0.104. The monoisotopic (exact) mass is 248 g/mol. The largest absolute Gasteiger partial charge is 0.375 e. The van der Waals surface area contributed by atoms with Crippen LogP contribution in [0.2, 0.25) is 0 Å². The molecule has 0 saturated heterocycles. The Morgan fingerprint density at radius 2 is 2.29 bits per heavy atom. The van der Waals surface area contributed by atoms with E-state index in [1.807, 2.05) is 13.0 Å². The highest BCUT2D eigenvalue weighted by molar-refractivity contribution is 7.15. The quantitative estimate of drug-likeness (QED) is 0.841. The first-order chi connectivity index (χ1) is 8.15. The van der Waals surface area contributed by atoms with Crippen molar-refractivity contribution in [2.75, 3.05) is 5.73 Å². The molecule has 0 spiro atoms. The molecule has 17 heavy (non-hydrogen) atoms. The summed E-state index contributed by atoms with van der Waals surface area (Å²) in [6, 6.07) is 4.99. The molecule has 0 bridgehead atoms. The predicted molar refractivity (Wildman–Crippen MR) is 67.8 cm³/mol. The molecule has 1 atom stereocenters. The molecule has 1 aliphatic rings. The van der Waals surface area contributed by atoms with Crippen LogP contribution in [0.15, 0.2) is 18.2 Å². The van der Waals surface area contributed by atoms with Gasteiger partial charge < -0.3 is 5.73 Å². The SMILES string of the molecule is Cc1ccc(F)cc1C1CCc2nc(N)sc21. The van der Waals surface area contributed by atoms with Gasteiger partial charge in [-0.25, -0.2) is 9.37 Å². The number of aryl methyl sites for hydroxylation is 2. The second-order valence-electron chi connectivity index (χ2n) is 4.46. The first kappa shape index (κ1) is 10.7. The molecule has 1 aromatic carbocycles. The molecule has 0 saturated carbocycles. The number of nitrogen functional groups attached to an aromatic ring is 1. The average molecular weight is 248 g/mol. The second-order valence-corrected chi connectivity index (χ2v) is 5.52. The van der Waals surface area contributed by atoms with Crippen molar-refractivity contribution in [2.24, 2.45) is 0 Å². The van der Waals surface area contributed by atoms with Gasteiger partial charge in [-0.3, -0.25) is 0 Å². The molecule has 1 aromatic heterocycles. The van der Waals surface area contributed by atoms with Crippen LogP contribution in [0.5, 0.6) is 0 Å². The third kappa shape index (κ3) is 1.72. The van der Waals surface area contributed by atoms with E-state index in [9.17, 15) is 4.39 Å². The number of halogens is 1. The van der Waals surface area contributed by atoms with E-state index in [0.29, 0.717) is 5.13 Å². The number of rotatable bonds is 1. The average Bonchev–Trinajstić information content (AvgIpc) is 2.80. The van der Waals surface area contributed by atoms with Gasteiger partial charge in [0, 0.05) is 10.8 Å². The van der Waals surface area contributed by atoms with Crippen LogP contribution in [0.4, 0.5) is 9.52 Å². The van der Waals surface area contributed by atoms with Gasteiger partial charge in [-0.15, -0.1) is 11.3 Å². The van der Waals surface area contributed by atoms with Crippen molar-refractivity contribution in [3.8, 4) is 0 Å². The van der Waals surface area contributed by atoms with Crippen molar-refractivity contribution in [3.05, 3.63) is 45.7 Å². The van der Waals surface area contributed by atoms with Crippen molar-refractivity contribution in [1.82, 2.24) is 4.98 Å². The minimum Gasteiger partial charge on any atom is -0.375 e. The zero-order chi connectivity index (χ0) is 12.0. The Kier molecular flexibility index (Phi) is 2.40. The third-order valence-corrected chi connectivity index (χ3v) is 4.39. The van der Waals surface area contributed by atoms with Gasteiger partial charge in [0.2, 0.25) is 0 Å². The van der Waals surface area contributed by atoms with E-state index < -0.39 is 0 Å². The smallest absolute Gasteiger partial charge is 0.180 e. The highest BCUT2D eigenvalue weighted by Gasteiger charge is 2.28. The van der Waals surface area contributed by atoms with Crippen LogP contribution in [0.25, 0.3) is 0 Å². The summed E-state index contributed by atoms with van der Waals surface area (Å²) in [7, 11) is 0. The van der Waals surface area contributed by atoms with Gasteiger partial charge in [0.25, 0.3) is 0 Å². The van der Waals surface area contributed by atoms with Gasteiger partial charge in [0.05, 0.1) is 5.69 Å². The molecule has 2 N–H and O–H groups in total. The molecule has 4 heteroatoms. The fourth-order valence-corrected chi connectivity index (χ4v) is 3.56.